The topological polar surface area (TPSA) is 58.4 Å². The summed E-state index contributed by atoms with van der Waals surface area (Å²) >= 11 is 3.66. The summed E-state index contributed by atoms with van der Waals surface area (Å²) in [5, 5.41) is 3.52. The van der Waals surface area contributed by atoms with Gasteiger partial charge in [0.25, 0.3) is 0 Å². The molecule has 114 valence electrons. The Hall–Kier alpha value is -1.07. The molecule has 0 bridgehead atoms. The van der Waals surface area contributed by atoms with Crippen molar-refractivity contribution in [2.75, 3.05) is 11.4 Å². The van der Waals surface area contributed by atoms with Crippen LogP contribution in [0, 0.1) is 0 Å². The SMILES string of the molecule is NC(=O)C1CCCCN1c1ccc(CNC2CC2)c(Br)c1. The third kappa shape index (κ3) is 3.58. The Morgan fingerprint density at radius 2 is 2.14 bits per heavy atom. The van der Waals surface area contributed by atoms with Crippen molar-refractivity contribution in [3.05, 3.63) is 28.2 Å². The van der Waals surface area contributed by atoms with Gasteiger partial charge in [0.15, 0.2) is 0 Å². The Morgan fingerprint density at radius 3 is 2.81 bits per heavy atom. The predicted octanol–water partition coefficient (Wildman–Crippen LogP) is 2.55. The van der Waals surface area contributed by atoms with Crippen LogP contribution in [-0.4, -0.2) is 24.5 Å². The summed E-state index contributed by atoms with van der Waals surface area (Å²) < 4.78 is 1.10. The maximum Gasteiger partial charge on any atom is 0.240 e. The summed E-state index contributed by atoms with van der Waals surface area (Å²) in [6, 6.07) is 6.90. The molecule has 0 radical (unpaired) electrons. The van der Waals surface area contributed by atoms with Crippen LogP contribution in [0.3, 0.4) is 0 Å². The van der Waals surface area contributed by atoms with E-state index in [9.17, 15) is 4.79 Å². The molecule has 1 aliphatic heterocycles. The average molecular weight is 352 g/mol. The van der Waals surface area contributed by atoms with Gasteiger partial charge in [-0.15, -0.1) is 0 Å². The second kappa shape index (κ2) is 6.36. The molecule has 1 saturated carbocycles. The number of primary amides is 1. The van der Waals surface area contributed by atoms with Crippen LogP contribution >= 0.6 is 15.9 Å². The molecule has 1 saturated heterocycles. The van der Waals surface area contributed by atoms with Crippen LogP contribution in [0.1, 0.15) is 37.7 Å². The van der Waals surface area contributed by atoms with Crippen LogP contribution in [0.2, 0.25) is 0 Å². The fourth-order valence-electron chi connectivity index (χ4n) is 2.94. The molecule has 1 unspecified atom stereocenters. The molecule has 3 N–H and O–H groups in total. The van der Waals surface area contributed by atoms with Gasteiger partial charge in [-0.25, -0.2) is 0 Å². The van der Waals surface area contributed by atoms with Crippen LogP contribution in [0.5, 0.6) is 0 Å². The minimum Gasteiger partial charge on any atom is -0.368 e. The summed E-state index contributed by atoms with van der Waals surface area (Å²) in [6.45, 7) is 1.80. The maximum absolute atomic E-state index is 11.6. The Kier molecular flexibility index (Phi) is 4.50. The number of piperidine rings is 1. The van der Waals surface area contributed by atoms with E-state index in [0.717, 1.165) is 42.5 Å². The van der Waals surface area contributed by atoms with Gasteiger partial charge in [0, 0.05) is 29.3 Å². The van der Waals surface area contributed by atoms with E-state index in [1.165, 1.54) is 18.4 Å². The lowest BCUT2D eigenvalue weighted by Crippen LogP contribution is -2.47. The molecular formula is C16H22BrN3O. The van der Waals surface area contributed by atoms with Gasteiger partial charge in [-0.2, -0.15) is 0 Å². The number of amides is 1. The third-order valence-electron chi connectivity index (χ3n) is 4.36. The van der Waals surface area contributed by atoms with E-state index in [0.29, 0.717) is 6.04 Å². The van der Waals surface area contributed by atoms with Gasteiger partial charge in [0.1, 0.15) is 6.04 Å². The Labute approximate surface area is 134 Å². The average Bonchev–Trinajstić information content (AvgIpc) is 3.30. The molecule has 3 rings (SSSR count). The lowest BCUT2D eigenvalue weighted by Gasteiger charge is -2.35. The molecule has 0 aromatic heterocycles. The van der Waals surface area contributed by atoms with Gasteiger partial charge >= 0.3 is 0 Å². The second-order valence-corrected chi connectivity index (χ2v) is 6.89. The van der Waals surface area contributed by atoms with E-state index >= 15 is 0 Å². The largest absolute Gasteiger partial charge is 0.368 e. The van der Waals surface area contributed by atoms with Crippen LogP contribution in [0.25, 0.3) is 0 Å². The van der Waals surface area contributed by atoms with Crippen molar-refractivity contribution in [3.8, 4) is 0 Å². The van der Waals surface area contributed by atoms with E-state index in [-0.39, 0.29) is 11.9 Å². The van der Waals surface area contributed by atoms with Gasteiger partial charge in [-0.3, -0.25) is 4.79 Å². The number of benzene rings is 1. The minimum atomic E-state index is -0.217. The third-order valence-corrected chi connectivity index (χ3v) is 5.10. The van der Waals surface area contributed by atoms with Crippen molar-refractivity contribution in [2.24, 2.45) is 5.73 Å². The first-order chi connectivity index (χ1) is 10.1. The van der Waals surface area contributed by atoms with Crippen molar-refractivity contribution in [1.29, 1.82) is 0 Å². The van der Waals surface area contributed by atoms with Crippen molar-refractivity contribution >= 4 is 27.5 Å². The molecule has 1 heterocycles. The van der Waals surface area contributed by atoms with Crippen LogP contribution in [0.4, 0.5) is 5.69 Å². The van der Waals surface area contributed by atoms with Gasteiger partial charge in [0.2, 0.25) is 5.91 Å². The number of carbonyl (C=O) groups excluding carboxylic acids is 1. The van der Waals surface area contributed by atoms with Gasteiger partial charge in [0.05, 0.1) is 0 Å². The number of hydrogen-bond donors (Lipinski definition) is 2. The molecule has 2 fully saturated rings. The number of rotatable bonds is 5. The first-order valence-corrected chi connectivity index (χ1v) is 8.52. The monoisotopic (exact) mass is 351 g/mol. The van der Waals surface area contributed by atoms with Crippen molar-refractivity contribution in [2.45, 2.75) is 50.7 Å². The number of nitrogens with one attached hydrogen (secondary N) is 1. The lowest BCUT2D eigenvalue weighted by molar-refractivity contribution is -0.119. The zero-order valence-electron chi connectivity index (χ0n) is 12.1. The highest BCUT2D eigenvalue weighted by atomic mass is 79.9. The predicted molar refractivity (Wildman–Crippen MR) is 88.2 cm³/mol. The van der Waals surface area contributed by atoms with E-state index < -0.39 is 0 Å². The van der Waals surface area contributed by atoms with E-state index in [4.69, 9.17) is 5.73 Å². The number of halogens is 1. The first-order valence-electron chi connectivity index (χ1n) is 7.73. The zero-order valence-corrected chi connectivity index (χ0v) is 13.7. The highest BCUT2D eigenvalue weighted by Crippen LogP contribution is 2.29. The standard InChI is InChI=1S/C16H22BrN3O/c17-14-9-13(7-4-11(14)10-19-12-5-6-12)20-8-2-1-3-15(20)16(18)21/h4,7,9,12,15,19H,1-3,5-6,8,10H2,(H2,18,21). The molecule has 21 heavy (non-hydrogen) atoms. The van der Waals surface area contributed by atoms with Crippen LogP contribution in [0.15, 0.2) is 22.7 Å². The summed E-state index contributed by atoms with van der Waals surface area (Å²) in [5.74, 6) is -0.217. The summed E-state index contributed by atoms with van der Waals surface area (Å²) in [4.78, 5) is 13.8. The molecular weight excluding hydrogens is 330 g/mol. The van der Waals surface area contributed by atoms with Gasteiger partial charge < -0.3 is 16.0 Å². The van der Waals surface area contributed by atoms with Crippen LogP contribution in [-0.2, 0) is 11.3 Å². The number of carbonyl (C=O) groups is 1. The highest BCUT2D eigenvalue weighted by molar-refractivity contribution is 9.10. The molecule has 1 aliphatic carbocycles. The number of nitrogens with two attached hydrogens (primary N) is 1. The smallest absolute Gasteiger partial charge is 0.240 e. The molecule has 1 aromatic carbocycles. The number of hydrogen-bond acceptors (Lipinski definition) is 3. The van der Waals surface area contributed by atoms with Gasteiger partial charge in [-0.1, -0.05) is 22.0 Å². The first kappa shape index (κ1) is 14.9. The minimum absolute atomic E-state index is 0.166. The molecule has 5 heteroatoms. The lowest BCUT2D eigenvalue weighted by atomic mass is 10.0. The number of anilines is 1. The summed E-state index contributed by atoms with van der Waals surface area (Å²) in [7, 11) is 0. The fourth-order valence-corrected chi connectivity index (χ4v) is 3.44. The van der Waals surface area contributed by atoms with Crippen molar-refractivity contribution in [1.82, 2.24) is 5.32 Å². The highest BCUT2D eigenvalue weighted by Gasteiger charge is 2.27. The molecule has 0 spiro atoms. The Balaban J connectivity index is 1.74. The molecule has 2 aliphatic rings. The molecule has 1 amide bonds. The van der Waals surface area contributed by atoms with Crippen LogP contribution < -0.4 is 16.0 Å². The van der Waals surface area contributed by atoms with E-state index in [1.54, 1.807) is 0 Å². The maximum atomic E-state index is 11.6. The Bertz CT molecular complexity index is 530. The number of nitrogens with zero attached hydrogens (tertiary/aromatic N) is 1. The van der Waals surface area contributed by atoms with Crippen molar-refractivity contribution < 1.29 is 4.79 Å². The summed E-state index contributed by atoms with van der Waals surface area (Å²) in [6.07, 6.45) is 5.65. The molecule has 1 aromatic rings. The Morgan fingerprint density at radius 1 is 1.33 bits per heavy atom. The van der Waals surface area contributed by atoms with Gasteiger partial charge in [-0.05, 0) is 49.8 Å². The normalized spacial score (nSPS) is 22.3. The summed E-state index contributed by atoms with van der Waals surface area (Å²) in [5.41, 5.74) is 7.89. The fraction of sp³-hybridized carbons (Fsp3) is 0.562. The molecule has 1 atom stereocenters. The quantitative estimate of drug-likeness (QED) is 0.856. The van der Waals surface area contributed by atoms with E-state index in [2.05, 4.69) is 44.3 Å². The van der Waals surface area contributed by atoms with Crippen molar-refractivity contribution in [3.63, 3.8) is 0 Å². The zero-order chi connectivity index (χ0) is 14.8. The second-order valence-electron chi connectivity index (χ2n) is 6.04. The van der Waals surface area contributed by atoms with E-state index in [1.807, 2.05) is 0 Å². The molecule has 4 nitrogen and oxygen atoms in total.